The fraction of sp³-hybridized carbons (Fsp3) is 0.686. The number of carbonyl (C=O) groups excluding carboxylic acids is 4. The van der Waals surface area contributed by atoms with Gasteiger partial charge in [-0.3, -0.25) is 14.4 Å². The minimum Gasteiger partial charge on any atom is -0.464 e. The Hall–Kier alpha value is -1.96. The van der Waals surface area contributed by atoms with E-state index >= 15 is 0 Å². The molecule has 0 spiro atoms. The van der Waals surface area contributed by atoms with Crippen molar-refractivity contribution in [2.45, 2.75) is 115 Å². The molecule has 9 nitrogen and oxygen atoms in total. The molecule has 0 radical (unpaired) electrons. The molecule has 2 aliphatic rings. The van der Waals surface area contributed by atoms with E-state index in [1.54, 1.807) is 23.5 Å². The SMILES string of the molecule is CCCCSC(=S)SC(CC(CC(C)(C)C(=O)NCCOC(=O)CCCC[C@@H]1SC[C@@H]2NC(=O)N[C@@H]21)C(=O)NC(C)C)c1ccccc1. The third kappa shape index (κ3) is 13.7. The number of nitrogens with one attached hydrogen (secondary N) is 4. The summed E-state index contributed by atoms with van der Waals surface area (Å²) in [5.74, 6) is 0.950. The number of thiocarbonyl (C=S) groups is 1. The van der Waals surface area contributed by atoms with Gasteiger partial charge in [-0.25, -0.2) is 4.79 Å². The molecule has 268 valence electrons. The number of amides is 4. The zero-order chi connectivity index (χ0) is 35.1. The van der Waals surface area contributed by atoms with Crippen LogP contribution in [0.25, 0.3) is 0 Å². The van der Waals surface area contributed by atoms with Crippen LogP contribution in [0.2, 0.25) is 0 Å². The van der Waals surface area contributed by atoms with Crippen LogP contribution in [0, 0.1) is 11.3 Å². The number of unbranched alkanes of at least 4 members (excludes halogenated alkanes) is 2. The highest BCUT2D eigenvalue weighted by Gasteiger charge is 2.42. The molecule has 2 fully saturated rings. The molecule has 0 aliphatic carbocycles. The van der Waals surface area contributed by atoms with Gasteiger partial charge in [0, 0.05) is 40.0 Å². The average molecular weight is 739 g/mol. The zero-order valence-electron chi connectivity index (χ0n) is 29.0. The molecule has 2 aliphatic heterocycles. The maximum absolute atomic E-state index is 13.5. The first-order chi connectivity index (χ1) is 22.9. The molecule has 0 bridgehead atoms. The van der Waals surface area contributed by atoms with Gasteiger partial charge < -0.3 is 26.0 Å². The van der Waals surface area contributed by atoms with E-state index in [1.807, 2.05) is 57.7 Å². The number of hydrogen-bond donors (Lipinski definition) is 4. The van der Waals surface area contributed by atoms with E-state index in [0.717, 1.165) is 52.7 Å². The van der Waals surface area contributed by atoms with Gasteiger partial charge in [0.25, 0.3) is 0 Å². The summed E-state index contributed by atoms with van der Waals surface area (Å²) < 4.78 is 6.26. The van der Waals surface area contributed by atoms with Gasteiger partial charge in [0.05, 0.1) is 18.6 Å². The van der Waals surface area contributed by atoms with Crippen molar-refractivity contribution in [3.05, 3.63) is 35.9 Å². The van der Waals surface area contributed by atoms with Crippen LogP contribution in [0.15, 0.2) is 30.3 Å². The van der Waals surface area contributed by atoms with E-state index in [0.29, 0.717) is 24.5 Å². The van der Waals surface area contributed by atoms with Gasteiger partial charge in [0.1, 0.15) is 10.1 Å². The summed E-state index contributed by atoms with van der Waals surface area (Å²) in [6.07, 6.45) is 5.99. The predicted molar refractivity (Wildman–Crippen MR) is 204 cm³/mol. The number of fused-ring (bicyclic) bond motifs is 1. The Labute approximate surface area is 305 Å². The standard InChI is InChI=1S/C35H54N4O5S4/c1-6-7-19-46-34(45)48-28(24-13-9-8-10-14-24)20-25(31(41)37-23(2)3)21-35(4,5)32(42)36-17-18-44-29(40)16-12-11-15-27-30-26(22-47-27)38-33(43)39-30/h8-10,13-14,23,25-28,30H,6-7,11-12,15-22H2,1-5H3,(H,36,42)(H,37,41)(H2,38,39,43)/t25?,26-,27-,28?,30-/m0/s1. The van der Waals surface area contributed by atoms with Gasteiger partial charge >= 0.3 is 12.0 Å². The number of benzene rings is 1. The van der Waals surface area contributed by atoms with Crippen LogP contribution in [-0.2, 0) is 19.1 Å². The van der Waals surface area contributed by atoms with Crippen molar-refractivity contribution in [2.75, 3.05) is 24.7 Å². The minimum atomic E-state index is -0.836. The van der Waals surface area contributed by atoms with Crippen LogP contribution in [0.1, 0.15) is 96.8 Å². The number of urea groups is 1. The van der Waals surface area contributed by atoms with Crippen molar-refractivity contribution in [3.63, 3.8) is 0 Å². The van der Waals surface area contributed by atoms with E-state index in [4.69, 9.17) is 17.0 Å². The van der Waals surface area contributed by atoms with Crippen LogP contribution in [0.3, 0.4) is 0 Å². The summed E-state index contributed by atoms with van der Waals surface area (Å²) in [7, 11) is 0. The second-order valence-corrected chi connectivity index (χ2v) is 18.3. The van der Waals surface area contributed by atoms with Gasteiger partial charge in [-0.1, -0.05) is 87.9 Å². The number of thioether (sulfide) groups is 3. The first-order valence-corrected chi connectivity index (χ1v) is 20.5. The van der Waals surface area contributed by atoms with Gasteiger partial charge in [0.15, 0.2) is 0 Å². The Morgan fingerprint density at radius 2 is 1.88 bits per heavy atom. The molecule has 1 aromatic rings. The van der Waals surface area contributed by atoms with E-state index in [1.165, 1.54) is 0 Å². The quantitative estimate of drug-likeness (QED) is 0.0506. The van der Waals surface area contributed by atoms with E-state index < -0.39 is 11.3 Å². The summed E-state index contributed by atoms with van der Waals surface area (Å²) in [5.41, 5.74) is 0.273. The lowest BCUT2D eigenvalue weighted by atomic mass is 9.79. The molecular formula is C35H54N4O5S4. The molecule has 0 saturated carbocycles. The number of hydrogen-bond acceptors (Lipinski definition) is 9. The molecule has 2 heterocycles. The average Bonchev–Trinajstić information content (AvgIpc) is 3.59. The third-order valence-corrected chi connectivity index (χ3v) is 13.0. The number of carbonyl (C=O) groups is 4. The summed E-state index contributed by atoms with van der Waals surface area (Å²) in [6, 6.07) is 10.4. The normalized spacial score (nSPS) is 20.0. The Balaban J connectivity index is 1.47. The highest BCUT2D eigenvalue weighted by molar-refractivity contribution is 8.47. The second-order valence-electron chi connectivity index (χ2n) is 13.5. The van der Waals surface area contributed by atoms with Crippen LogP contribution in [-0.4, -0.2) is 75.4 Å². The van der Waals surface area contributed by atoms with Crippen LogP contribution in [0.4, 0.5) is 4.79 Å². The molecular weight excluding hydrogens is 685 g/mol. The second kappa shape index (κ2) is 20.7. The van der Waals surface area contributed by atoms with Crippen molar-refractivity contribution >= 4 is 74.8 Å². The molecule has 5 atom stereocenters. The Bertz CT molecular complexity index is 1220. The van der Waals surface area contributed by atoms with Crippen LogP contribution < -0.4 is 21.3 Å². The lowest BCUT2D eigenvalue weighted by Crippen LogP contribution is -2.43. The van der Waals surface area contributed by atoms with Crippen molar-refractivity contribution < 1.29 is 23.9 Å². The summed E-state index contributed by atoms with van der Waals surface area (Å²) in [6.45, 7) is 10.1. The minimum absolute atomic E-state index is 0.0246. The molecule has 48 heavy (non-hydrogen) atoms. The maximum atomic E-state index is 13.5. The Morgan fingerprint density at radius 1 is 1.12 bits per heavy atom. The number of rotatable bonds is 20. The summed E-state index contributed by atoms with van der Waals surface area (Å²) >= 11 is 10.9. The molecule has 1 aromatic carbocycles. The highest BCUT2D eigenvalue weighted by Crippen LogP contribution is 2.41. The fourth-order valence-corrected chi connectivity index (χ4v) is 10.4. The smallest absolute Gasteiger partial charge is 0.315 e. The Morgan fingerprint density at radius 3 is 2.58 bits per heavy atom. The van der Waals surface area contributed by atoms with Crippen LogP contribution >= 0.6 is 47.5 Å². The highest BCUT2D eigenvalue weighted by atomic mass is 32.2. The molecule has 2 saturated heterocycles. The number of esters is 1. The third-order valence-electron chi connectivity index (χ3n) is 8.51. The molecule has 4 amide bonds. The topological polar surface area (TPSA) is 126 Å². The molecule has 2 unspecified atom stereocenters. The Kier molecular flexibility index (Phi) is 17.4. The molecule has 13 heteroatoms. The largest absolute Gasteiger partial charge is 0.464 e. The van der Waals surface area contributed by atoms with Crippen LogP contribution in [0.5, 0.6) is 0 Å². The first kappa shape index (κ1) is 40.5. The summed E-state index contributed by atoms with van der Waals surface area (Å²) in [4.78, 5) is 50.8. The molecule has 0 aromatic heterocycles. The number of ether oxygens (including phenoxy) is 1. The first-order valence-electron chi connectivity index (χ1n) is 17.2. The van der Waals surface area contributed by atoms with Crippen molar-refractivity contribution in [1.29, 1.82) is 0 Å². The van der Waals surface area contributed by atoms with E-state index in [2.05, 4.69) is 40.3 Å². The van der Waals surface area contributed by atoms with Crippen molar-refractivity contribution in [3.8, 4) is 0 Å². The zero-order valence-corrected chi connectivity index (χ0v) is 32.3. The monoisotopic (exact) mass is 738 g/mol. The lowest BCUT2D eigenvalue weighted by Gasteiger charge is -2.31. The van der Waals surface area contributed by atoms with Gasteiger partial charge in [-0.05, 0) is 57.3 Å². The molecule has 4 N–H and O–H groups in total. The maximum Gasteiger partial charge on any atom is 0.315 e. The van der Waals surface area contributed by atoms with Gasteiger partial charge in [-0.15, -0.1) is 11.8 Å². The fourth-order valence-electron chi connectivity index (χ4n) is 5.92. The lowest BCUT2D eigenvalue weighted by molar-refractivity contribution is -0.144. The van der Waals surface area contributed by atoms with Crippen molar-refractivity contribution in [2.24, 2.45) is 11.3 Å². The molecule has 3 rings (SSSR count). The summed E-state index contributed by atoms with van der Waals surface area (Å²) in [5, 5.41) is 12.3. The van der Waals surface area contributed by atoms with E-state index in [-0.39, 0.29) is 60.3 Å². The van der Waals surface area contributed by atoms with Gasteiger partial charge in [-0.2, -0.15) is 11.8 Å². The van der Waals surface area contributed by atoms with Crippen molar-refractivity contribution in [1.82, 2.24) is 21.3 Å². The predicted octanol–water partition coefficient (Wildman–Crippen LogP) is 6.61. The van der Waals surface area contributed by atoms with E-state index in [9.17, 15) is 19.2 Å². The van der Waals surface area contributed by atoms with Gasteiger partial charge in [0.2, 0.25) is 11.8 Å².